The summed E-state index contributed by atoms with van der Waals surface area (Å²) in [5.74, 6) is -0.161. The zero-order chi connectivity index (χ0) is 14.0. The van der Waals surface area contributed by atoms with Crippen LogP contribution in [0.25, 0.3) is 0 Å². The van der Waals surface area contributed by atoms with Crippen LogP contribution in [-0.2, 0) is 6.18 Å². The van der Waals surface area contributed by atoms with Gasteiger partial charge >= 0.3 is 6.18 Å². The van der Waals surface area contributed by atoms with Crippen molar-refractivity contribution in [2.75, 3.05) is 6.61 Å². The van der Waals surface area contributed by atoms with Gasteiger partial charge in [-0.05, 0) is 23.4 Å². The molecular weight excluding hydrogens is 269 g/mol. The standard InChI is InChI=1S/C11H14ClF3N2O/c1-10(2,3)4-5-18-8-6-7(11(13,14)15)16-9(12)17-8/h6H,4-5H2,1-3H3. The second-order valence-electron chi connectivity index (χ2n) is 5.02. The van der Waals surface area contributed by atoms with E-state index in [1.807, 2.05) is 20.8 Å². The molecule has 3 nitrogen and oxygen atoms in total. The summed E-state index contributed by atoms with van der Waals surface area (Å²) in [7, 11) is 0. The van der Waals surface area contributed by atoms with Crippen molar-refractivity contribution in [1.29, 1.82) is 0 Å². The predicted molar refractivity (Wildman–Crippen MR) is 61.6 cm³/mol. The number of aromatic nitrogens is 2. The molecule has 1 aromatic rings. The van der Waals surface area contributed by atoms with Gasteiger partial charge < -0.3 is 4.74 Å². The number of hydrogen-bond donors (Lipinski definition) is 0. The Labute approximate surface area is 108 Å². The van der Waals surface area contributed by atoms with Gasteiger partial charge in [0, 0.05) is 6.07 Å². The van der Waals surface area contributed by atoms with E-state index in [1.54, 1.807) is 0 Å². The van der Waals surface area contributed by atoms with Crippen LogP contribution in [0.15, 0.2) is 6.07 Å². The third-order valence-corrected chi connectivity index (χ3v) is 2.24. The van der Waals surface area contributed by atoms with E-state index >= 15 is 0 Å². The summed E-state index contributed by atoms with van der Waals surface area (Å²) in [6.07, 6.45) is -3.87. The molecule has 0 aliphatic carbocycles. The zero-order valence-electron chi connectivity index (χ0n) is 10.3. The molecule has 1 heterocycles. The maximum atomic E-state index is 12.5. The molecule has 7 heteroatoms. The molecule has 0 aliphatic heterocycles. The minimum Gasteiger partial charge on any atom is -0.478 e. The lowest BCUT2D eigenvalue weighted by molar-refractivity contribution is -0.141. The smallest absolute Gasteiger partial charge is 0.433 e. The largest absolute Gasteiger partial charge is 0.478 e. The summed E-state index contributed by atoms with van der Waals surface area (Å²) in [6, 6.07) is 0.745. The number of rotatable bonds is 3. The quantitative estimate of drug-likeness (QED) is 0.787. The molecule has 1 rings (SSSR count). The van der Waals surface area contributed by atoms with Gasteiger partial charge in [0.1, 0.15) is 0 Å². The lowest BCUT2D eigenvalue weighted by Gasteiger charge is -2.18. The lowest BCUT2D eigenvalue weighted by atomic mass is 9.93. The van der Waals surface area contributed by atoms with Gasteiger partial charge in [-0.25, -0.2) is 4.98 Å². The van der Waals surface area contributed by atoms with E-state index < -0.39 is 17.2 Å². The summed E-state index contributed by atoms with van der Waals surface area (Å²) in [4.78, 5) is 6.71. The minimum atomic E-state index is -4.56. The van der Waals surface area contributed by atoms with Crippen molar-refractivity contribution in [3.05, 3.63) is 17.0 Å². The predicted octanol–water partition coefficient (Wildman–Crippen LogP) is 3.96. The highest BCUT2D eigenvalue weighted by molar-refractivity contribution is 6.28. The van der Waals surface area contributed by atoms with E-state index in [-0.39, 0.29) is 17.9 Å². The van der Waals surface area contributed by atoms with Crippen molar-refractivity contribution in [3.63, 3.8) is 0 Å². The molecule has 0 saturated heterocycles. The van der Waals surface area contributed by atoms with Crippen molar-refractivity contribution in [3.8, 4) is 5.88 Å². The monoisotopic (exact) mass is 282 g/mol. The van der Waals surface area contributed by atoms with E-state index in [1.165, 1.54) is 0 Å². The highest BCUT2D eigenvalue weighted by Gasteiger charge is 2.33. The maximum Gasteiger partial charge on any atom is 0.433 e. The Hall–Kier alpha value is -1.04. The number of ether oxygens (including phenoxy) is 1. The fourth-order valence-corrected chi connectivity index (χ4v) is 1.25. The molecule has 0 aromatic carbocycles. The molecule has 1 aromatic heterocycles. The van der Waals surface area contributed by atoms with Crippen LogP contribution in [0.1, 0.15) is 32.9 Å². The van der Waals surface area contributed by atoms with Crippen LogP contribution in [0.3, 0.4) is 0 Å². The van der Waals surface area contributed by atoms with Gasteiger partial charge in [-0.2, -0.15) is 18.2 Å². The SMILES string of the molecule is CC(C)(C)CCOc1cc(C(F)(F)F)nc(Cl)n1. The summed E-state index contributed by atoms with van der Waals surface area (Å²) >= 11 is 5.42. The average Bonchev–Trinajstić information content (AvgIpc) is 2.13. The molecule has 0 amide bonds. The molecule has 0 aliphatic rings. The Morgan fingerprint density at radius 1 is 1.22 bits per heavy atom. The van der Waals surface area contributed by atoms with Crippen molar-refractivity contribution >= 4 is 11.6 Å². The van der Waals surface area contributed by atoms with Crippen molar-refractivity contribution < 1.29 is 17.9 Å². The lowest BCUT2D eigenvalue weighted by Crippen LogP contribution is -2.13. The summed E-state index contributed by atoms with van der Waals surface area (Å²) in [5.41, 5.74) is -1.07. The van der Waals surface area contributed by atoms with E-state index in [2.05, 4.69) is 9.97 Å². The van der Waals surface area contributed by atoms with Crippen LogP contribution < -0.4 is 4.74 Å². The van der Waals surface area contributed by atoms with E-state index in [0.717, 1.165) is 6.07 Å². The molecule has 0 N–H and O–H groups in total. The third kappa shape index (κ3) is 5.08. The van der Waals surface area contributed by atoms with Gasteiger partial charge in [0.2, 0.25) is 11.2 Å². The molecule has 18 heavy (non-hydrogen) atoms. The Balaban J connectivity index is 2.75. The second kappa shape index (κ2) is 5.30. The van der Waals surface area contributed by atoms with Crippen LogP contribution in [0.5, 0.6) is 5.88 Å². The third-order valence-electron chi connectivity index (χ3n) is 2.07. The topological polar surface area (TPSA) is 35.0 Å². The first-order chi connectivity index (χ1) is 8.08. The molecule has 0 fully saturated rings. The Kier molecular flexibility index (Phi) is 4.42. The highest BCUT2D eigenvalue weighted by atomic mass is 35.5. The van der Waals surface area contributed by atoms with Crippen LogP contribution in [0.2, 0.25) is 5.28 Å². The molecule has 0 spiro atoms. The summed E-state index contributed by atoms with van der Waals surface area (Å²) in [6.45, 7) is 6.29. The van der Waals surface area contributed by atoms with Crippen molar-refractivity contribution in [1.82, 2.24) is 9.97 Å². The normalized spacial score (nSPS) is 12.6. The molecule has 0 radical (unpaired) electrons. The number of nitrogens with zero attached hydrogens (tertiary/aromatic N) is 2. The van der Waals surface area contributed by atoms with E-state index in [0.29, 0.717) is 6.42 Å². The summed E-state index contributed by atoms with van der Waals surface area (Å²) in [5, 5.41) is -0.476. The average molecular weight is 283 g/mol. The van der Waals surface area contributed by atoms with Crippen LogP contribution >= 0.6 is 11.6 Å². The van der Waals surface area contributed by atoms with Crippen molar-refractivity contribution in [2.24, 2.45) is 5.41 Å². The Bertz CT molecular complexity index is 416. The first kappa shape index (κ1) is 15.0. The molecule has 0 unspecified atom stereocenters. The fourth-order valence-electron chi connectivity index (χ4n) is 1.08. The molecule has 0 bridgehead atoms. The molecular formula is C11H14ClF3N2O. The Morgan fingerprint density at radius 2 is 1.83 bits per heavy atom. The highest BCUT2D eigenvalue weighted by Crippen LogP contribution is 2.30. The zero-order valence-corrected chi connectivity index (χ0v) is 11.1. The van der Waals surface area contributed by atoms with Crippen LogP contribution in [0, 0.1) is 5.41 Å². The summed E-state index contributed by atoms with van der Waals surface area (Å²) < 4.78 is 42.5. The Morgan fingerprint density at radius 3 is 2.33 bits per heavy atom. The van der Waals surface area contributed by atoms with Gasteiger partial charge in [-0.3, -0.25) is 0 Å². The van der Waals surface area contributed by atoms with Gasteiger partial charge in [0.25, 0.3) is 0 Å². The number of hydrogen-bond acceptors (Lipinski definition) is 3. The fraction of sp³-hybridized carbons (Fsp3) is 0.636. The van der Waals surface area contributed by atoms with Gasteiger partial charge in [0.15, 0.2) is 5.69 Å². The van der Waals surface area contributed by atoms with Gasteiger partial charge in [-0.1, -0.05) is 20.8 Å². The van der Waals surface area contributed by atoms with Gasteiger partial charge in [0.05, 0.1) is 6.61 Å². The second-order valence-corrected chi connectivity index (χ2v) is 5.36. The number of halogens is 4. The molecule has 0 atom stereocenters. The maximum absolute atomic E-state index is 12.5. The van der Waals surface area contributed by atoms with Crippen molar-refractivity contribution in [2.45, 2.75) is 33.4 Å². The minimum absolute atomic E-state index is 0.0314. The molecule has 102 valence electrons. The van der Waals surface area contributed by atoms with Crippen LogP contribution in [-0.4, -0.2) is 16.6 Å². The van der Waals surface area contributed by atoms with Crippen LogP contribution in [0.4, 0.5) is 13.2 Å². The number of alkyl halides is 3. The van der Waals surface area contributed by atoms with Gasteiger partial charge in [-0.15, -0.1) is 0 Å². The van der Waals surface area contributed by atoms with E-state index in [9.17, 15) is 13.2 Å². The van der Waals surface area contributed by atoms with E-state index in [4.69, 9.17) is 16.3 Å². The first-order valence-electron chi connectivity index (χ1n) is 5.32. The first-order valence-corrected chi connectivity index (χ1v) is 5.70. The molecule has 0 saturated carbocycles.